The highest BCUT2D eigenvalue weighted by atomic mass is 32.2. The Hall–Kier alpha value is -2.02. The Morgan fingerprint density at radius 2 is 2.04 bits per heavy atom. The van der Waals surface area contributed by atoms with E-state index in [1.54, 1.807) is 0 Å². The summed E-state index contributed by atoms with van der Waals surface area (Å²) < 4.78 is 1.98. The van der Waals surface area contributed by atoms with E-state index < -0.39 is 0 Å². The van der Waals surface area contributed by atoms with Crippen molar-refractivity contribution in [1.82, 2.24) is 25.4 Å². The molecule has 0 aliphatic rings. The van der Waals surface area contributed by atoms with Gasteiger partial charge in [-0.25, -0.2) is 4.99 Å². The second kappa shape index (κ2) is 11.6. The van der Waals surface area contributed by atoms with Gasteiger partial charge in [-0.1, -0.05) is 30.3 Å². The van der Waals surface area contributed by atoms with Crippen molar-refractivity contribution in [3.63, 3.8) is 0 Å². The molecule has 0 spiro atoms. The van der Waals surface area contributed by atoms with Gasteiger partial charge in [-0.15, -0.1) is 10.2 Å². The number of guanidine groups is 1. The molecule has 27 heavy (non-hydrogen) atoms. The fraction of sp³-hybridized carbons (Fsp3) is 0.550. The molecule has 6 nitrogen and oxygen atoms in total. The van der Waals surface area contributed by atoms with Crippen LogP contribution in [0.4, 0.5) is 0 Å². The number of rotatable bonds is 10. The van der Waals surface area contributed by atoms with E-state index in [1.807, 2.05) is 30.3 Å². The van der Waals surface area contributed by atoms with E-state index in [-0.39, 0.29) is 0 Å². The van der Waals surface area contributed by atoms with Crippen LogP contribution in [0.5, 0.6) is 0 Å². The number of aliphatic imine (C=N–C) groups is 1. The van der Waals surface area contributed by atoms with Crippen LogP contribution in [-0.2, 0) is 20.0 Å². The van der Waals surface area contributed by atoms with E-state index in [0.717, 1.165) is 49.2 Å². The number of aromatic nitrogens is 3. The van der Waals surface area contributed by atoms with Crippen molar-refractivity contribution >= 4 is 17.7 Å². The SMILES string of the molecule is CSCCCNC(=NCc1nnc(C)n1C)NC(C)CCc1ccccc1. The predicted molar refractivity (Wildman–Crippen MR) is 115 cm³/mol. The van der Waals surface area contributed by atoms with Crippen molar-refractivity contribution < 1.29 is 0 Å². The molecule has 2 rings (SSSR count). The predicted octanol–water partition coefficient (Wildman–Crippen LogP) is 2.93. The molecule has 148 valence electrons. The summed E-state index contributed by atoms with van der Waals surface area (Å²) in [7, 11) is 1.97. The largest absolute Gasteiger partial charge is 0.356 e. The minimum atomic E-state index is 0.332. The number of thioether (sulfide) groups is 1. The van der Waals surface area contributed by atoms with Crippen molar-refractivity contribution in [3.8, 4) is 0 Å². The molecule has 2 aromatic rings. The second-order valence-corrected chi connectivity index (χ2v) is 7.72. The normalized spacial score (nSPS) is 12.8. The summed E-state index contributed by atoms with van der Waals surface area (Å²) in [6.45, 7) is 5.58. The van der Waals surface area contributed by atoms with Crippen LogP contribution in [0.2, 0.25) is 0 Å². The van der Waals surface area contributed by atoms with Gasteiger partial charge >= 0.3 is 0 Å². The molecule has 0 saturated heterocycles. The molecule has 0 bridgehead atoms. The molecule has 0 aliphatic carbocycles. The molecular formula is C20H32N6S. The number of hydrogen-bond donors (Lipinski definition) is 2. The lowest BCUT2D eigenvalue weighted by molar-refractivity contribution is 0.590. The Morgan fingerprint density at radius 3 is 2.70 bits per heavy atom. The van der Waals surface area contributed by atoms with Crippen molar-refractivity contribution in [2.24, 2.45) is 12.0 Å². The van der Waals surface area contributed by atoms with Gasteiger partial charge in [0.05, 0.1) is 0 Å². The Morgan fingerprint density at radius 1 is 1.26 bits per heavy atom. The van der Waals surface area contributed by atoms with Gasteiger partial charge in [-0.2, -0.15) is 11.8 Å². The first-order chi connectivity index (χ1) is 13.1. The van der Waals surface area contributed by atoms with Crippen LogP contribution in [0.1, 0.15) is 37.0 Å². The molecule has 7 heteroatoms. The summed E-state index contributed by atoms with van der Waals surface area (Å²) >= 11 is 1.87. The van der Waals surface area contributed by atoms with E-state index in [9.17, 15) is 0 Å². The zero-order chi connectivity index (χ0) is 19.5. The third kappa shape index (κ3) is 7.62. The molecule has 1 aromatic carbocycles. The maximum Gasteiger partial charge on any atom is 0.191 e. The van der Waals surface area contributed by atoms with E-state index >= 15 is 0 Å². The molecule has 1 heterocycles. The van der Waals surface area contributed by atoms with Crippen LogP contribution < -0.4 is 10.6 Å². The van der Waals surface area contributed by atoms with Crippen molar-refractivity contribution in [2.75, 3.05) is 18.6 Å². The molecular weight excluding hydrogens is 356 g/mol. The minimum absolute atomic E-state index is 0.332. The van der Waals surface area contributed by atoms with E-state index in [4.69, 9.17) is 4.99 Å². The lowest BCUT2D eigenvalue weighted by Gasteiger charge is -2.18. The van der Waals surface area contributed by atoms with Crippen molar-refractivity contribution in [3.05, 3.63) is 47.5 Å². The van der Waals surface area contributed by atoms with Crippen LogP contribution in [0.3, 0.4) is 0 Å². The van der Waals surface area contributed by atoms with Crippen LogP contribution in [0.15, 0.2) is 35.3 Å². The fourth-order valence-corrected chi connectivity index (χ4v) is 3.08. The zero-order valence-corrected chi connectivity index (χ0v) is 17.7. The van der Waals surface area contributed by atoms with Gasteiger partial charge in [-0.05, 0) is 50.7 Å². The van der Waals surface area contributed by atoms with Gasteiger partial charge in [0.25, 0.3) is 0 Å². The third-order valence-corrected chi connectivity index (χ3v) is 5.17. The molecule has 0 fully saturated rings. The molecule has 0 amide bonds. The van der Waals surface area contributed by atoms with Crippen LogP contribution in [-0.4, -0.2) is 45.3 Å². The average molecular weight is 389 g/mol. The van der Waals surface area contributed by atoms with Gasteiger partial charge in [0.1, 0.15) is 12.4 Å². The van der Waals surface area contributed by atoms with Gasteiger partial charge < -0.3 is 15.2 Å². The van der Waals surface area contributed by atoms with E-state index in [1.165, 1.54) is 5.56 Å². The number of hydrogen-bond acceptors (Lipinski definition) is 4. The van der Waals surface area contributed by atoms with Gasteiger partial charge in [0.15, 0.2) is 11.8 Å². The molecule has 1 atom stereocenters. The first-order valence-corrected chi connectivity index (χ1v) is 10.9. The van der Waals surface area contributed by atoms with Crippen LogP contribution in [0, 0.1) is 6.92 Å². The van der Waals surface area contributed by atoms with Gasteiger partial charge in [0, 0.05) is 19.6 Å². The smallest absolute Gasteiger partial charge is 0.191 e. The van der Waals surface area contributed by atoms with Crippen molar-refractivity contribution in [1.29, 1.82) is 0 Å². The van der Waals surface area contributed by atoms with Gasteiger partial charge in [0.2, 0.25) is 0 Å². The number of aryl methyl sites for hydroxylation is 2. The monoisotopic (exact) mass is 388 g/mol. The first-order valence-electron chi connectivity index (χ1n) is 9.52. The highest BCUT2D eigenvalue weighted by Gasteiger charge is 2.08. The highest BCUT2D eigenvalue weighted by Crippen LogP contribution is 2.05. The Bertz CT molecular complexity index is 698. The maximum absolute atomic E-state index is 4.73. The Balaban J connectivity index is 1.91. The number of benzene rings is 1. The summed E-state index contributed by atoms with van der Waals surface area (Å²) in [5.74, 6) is 3.76. The summed E-state index contributed by atoms with van der Waals surface area (Å²) in [5.41, 5.74) is 1.37. The van der Waals surface area contributed by atoms with E-state index in [2.05, 4.69) is 64.3 Å². The number of nitrogens with zero attached hydrogens (tertiary/aromatic N) is 4. The average Bonchev–Trinajstić information content (AvgIpc) is 3.00. The zero-order valence-electron chi connectivity index (χ0n) is 16.9. The third-order valence-electron chi connectivity index (χ3n) is 4.47. The Kier molecular flexibility index (Phi) is 9.18. The molecule has 2 N–H and O–H groups in total. The van der Waals surface area contributed by atoms with Gasteiger partial charge in [-0.3, -0.25) is 0 Å². The Labute approximate surface area is 167 Å². The first kappa shape index (κ1) is 21.3. The summed E-state index contributed by atoms with van der Waals surface area (Å²) in [6.07, 6.45) is 5.36. The molecule has 1 aromatic heterocycles. The fourth-order valence-electron chi connectivity index (χ4n) is 2.65. The van der Waals surface area contributed by atoms with E-state index in [0.29, 0.717) is 12.6 Å². The molecule has 1 unspecified atom stereocenters. The van der Waals surface area contributed by atoms with Crippen molar-refractivity contribution in [2.45, 2.75) is 45.7 Å². The van der Waals surface area contributed by atoms with Crippen LogP contribution >= 0.6 is 11.8 Å². The summed E-state index contributed by atoms with van der Waals surface area (Å²) in [6, 6.07) is 10.9. The summed E-state index contributed by atoms with van der Waals surface area (Å²) in [4.78, 5) is 4.73. The standard InChI is InChI=1S/C20H32N6S/c1-16(11-12-18-9-6-5-7-10-18)23-20(21-13-8-14-27-4)22-15-19-25-24-17(2)26(19)3/h5-7,9-10,16H,8,11-15H2,1-4H3,(H2,21,22,23). The summed E-state index contributed by atoms with van der Waals surface area (Å²) in [5, 5.41) is 15.3. The quantitative estimate of drug-likeness (QED) is 0.372. The molecule has 0 radical (unpaired) electrons. The second-order valence-electron chi connectivity index (χ2n) is 6.73. The highest BCUT2D eigenvalue weighted by molar-refractivity contribution is 7.98. The van der Waals surface area contributed by atoms with Crippen LogP contribution in [0.25, 0.3) is 0 Å². The lowest BCUT2D eigenvalue weighted by Crippen LogP contribution is -2.43. The lowest BCUT2D eigenvalue weighted by atomic mass is 10.1. The number of nitrogens with one attached hydrogen (secondary N) is 2. The topological polar surface area (TPSA) is 67.1 Å². The maximum atomic E-state index is 4.73. The molecule has 0 aliphatic heterocycles. The minimum Gasteiger partial charge on any atom is -0.356 e. The molecule has 0 saturated carbocycles.